The van der Waals surface area contributed by atoms with Gasteiger partial charge in [-0.25, -0.2) is 9.67 Å². The summed E-state index contributed by atoms with van der Waals surface area (Å²) in [7, 11) is 0. The van der Waals surface area contributed by atoms with Crippen LogP contribution in [0.5, 0.6) is 0 Å². The molecule has 2 aromatic carbocycles. The number of anilines is 1. The molecule has 200 valence electrons. The first-order valence-electron chi connectivity index (χ1n) is 12.9. The van der Waals surface area contributed by atoms with Crippen LogP contribution in [0.1, 0.15) is 16.1 Å². The Morgan fingerprint density at radius 1 is 0.897 bits per heavy atom. The highest BCUT2D eigenvalue weighted by atomic mass is 35.5. The number of halogens is 3. The van der Waals surface area contributed by atoms with E-state index in [1.165, 1.54) is 0 Å². The highest BCUT2D eigenvalue weighted by Gasteiger charge is 2.38. The van der Waals surface area contributed by atoms with Gasteiger partial charge in [0.1, 0.15) is 5.82 Å². The minimum atomic E-state index is -0.0741. The van der Waals surface area contributed by atoms with Crippen LogP contribution in [0.3, 0.4) is 0 Å². The van der Waals surface area contributed by atoms with E-state index in [0.717, 1.165) is 48.8 Å². The Balaban J connectivity index is 1.20. The van der Waals surface area contributed by atoms with Crippen LogP contribution in [0.2, 0.25) is 15.1 Å². The highest BCUT2D eigenvalue weighted by molar-refractivity contribution is 6.35. The number of nitrogens with zero attached hydrogens (tertiary/aromatic N) is 6. The van der Waals surface area contributed by atoms with E-state index in [-0.39, 0.29) is 5.91 Å². The number of carbonyl (C=O) groups excluding carboxylic acids is 1. The molecule has 0 aliphatic carbocycles. The van der Waals surface area contributed by atoms with Gasteiger partial charge in [-0.15, -0.1) is 0 Å². The number of hydrogen-bond acceptors (Lipinski definition) is 5. The van der Waals surface area contributed by atoms with E-state index in [1.54, 1.807) is 16.8 Å². The van der Waals surface area contributed by atoms with Gasteiger partial charge in [-0.1, -0.05) is 53.0 Å². The number of aromatic nitrogens is 3. The lowest BCUT2D eigenvalue weighted by Crippen LogP contribution is -2.64. The molecule has 0 unspecified atom stereocenters. The second-order valence-corrected chi connectivity index (χ2v) is 11.2. The van der Waals surface area contributed by atoms with Gasteiger partial charge in [0.05, 0.1) is 16.4 Å². The van der Waals surface area contributed by atoms with Gasteiger partial charge in [0, 0.05) is 72.7 Å². The second kappa shape index (κ2) is 10.8. The lowest BCUT2D eigenvalue weighted by molar-refractivity contribution is 0.0241. The minimum Gasteiger partial charge on any atom is -0.354 e. The SMILES string of the molecule is Cc1c(C(=O)N2CC(N3CCN(c4ccccn4)CC3)C2)nn(-c2ccc(Cl)cc2Cl)c1-c1ccc(Cl)cc1. The molecule has 0 saturated carbocycles. The van der Waals surface area contributed by atoms with E-state index in [1.807, 2.05) is 60.5 Å². The van der Waals surface area contributed by atoms with E-state index in [4.69, 9.17) is 39.9 Å². The summed E-state index contributed by atoms with van der Waals surface area (Å²) in [5.41, 5.74) is 3.55. The van der Waals surface area contributed by atoms with Crippen LogP contribution in [0.25, 0.3) is 16.9 Å². The Kier molecular flexibility index (Phi) is 7.25. The van der Waals surface area contributed by atoms with Gasteiger partial charge in [-0.05, 0) is 49.4 Å². The molecule has 10 heteroatoms. The van der Waals surface area contributed by atoms with Crippen LogP contribution in [-0.4, -0.2) is 75.8 Å². The fourth-order valence-corrected chi connectivity index (χ4v) is 5.95. The zero-order chi connectivity index (χ0) is 27.1. The molecule has 2 aliphatic rings. The van der Waals surface area contributed by atoms with Crippen LogP contribution < -0.4 is 4.90 Å². The molecule has 7 nitrogen and oxygen atoms in total. The molecular weight excluding hydrogens is 555 g/mol. The first kappa shape index (κ1) is 26.1. The Bertz CT molecular complexity index is 1490. The Hall–Kier alpha value is -3.10. The van der Waals surface area contributed by atoms with Crippen molar-refractivity contribution in [1.82, 2.24) is 24.6 Å². The fourth-order valence-electron chi connectivity index (χ4n) is 5.33. The molecule has 0 atom stereocenters. The van der Waals surface area contributed by atoms with E-state index < -0.39 is 0 Å². The molecule has 0 radical (unpaired) electrons. The van der Waals surface area contributed by atoms with Crippen LogP contribution in [0.15, 0.2) is 66.9 Å². The maximum Gasteiger partial charge on any atom is 0.274 e. The second-order valence-electron chi connectivity index (χ2n) is 9.91. The first-order chi connectivity index (χ1) is 18.9. The van der Waals surface area contributed by atoms with E-state index in [0.29, 0.717) is 45.6 Å². The number of benzene rings is 2. The Morgan fingerprint density at radius 2 is 1.62 bits per heavy atom. The van der Waals surface area contributed by atoms with Gasteiger partial charge in [0.2, 0.25) is 0 Å². The van der Waals surface area contributed by atoms with Gasteiger partial charge in [-0.2, -0.15) is 5.10 Å². The number of pyridine rings is 1. The van der Waals surface area contributed by atoms with Gasteiger partial charge in [0.15, 0.2) is 5.69 Å². The van der Waals surface area contributed by atoms with Gasteiger partial charge in [-0.3, -0.25) is 9.69 Å². The van der Waals surface area contributed by atoms with Crippen molar-refractivity contribution in [2.45, 2.75) is 13.0 Å². The van der Waals surface area contributed by atoms with Crippen molar-refractivity contribution < 1.29 is 4.79 Å². The minimum absolute atomic E-state index is 0.0741. The lowest BCUT2D eigenvalue weighted by atomic mass is 10.0. The molecule has 2 saturated heterocycles. The van der Waals surface area contributed by atoms with Crippen molar-refractivity contribution in [3.63, 3.8) is 0 Å². The first-order valence-corrected chi connectivity index (χ1v) is 14.0. The molecule has 2 fully saturated rings. The van der Waals surface area contributed by atoms with Crippen molar-refractivity contribution >= 4 is 46.5 Å². The standard InChI is InChI=1S/C29H27Cl3N6O/c1-19-27(29(39)37-17-23(18-37)35-12-14-36(15-13-35)26-4-2-3-11-33-26)34-38(25-10-9-22(31)16-24(25)32)28(19)20-5-7-21(30)8-6-20/h2-11,16,23H,12-15,17-18H2,1H3. The number of likely N-dealkylation sites (tertiary alicyclic amines) is 1. The summed E-state index contributed by atoms with van der Waals surface area (Å²) in [5, 5.41) is 6.41. The average molecular weight is 582 g/mol. The summed E-state index contributed by atoms with van der Waals surface area (Å²) in [4.78, 5) is 24.8. The molecular formula is C29H27Cl3N6O. The zero-order valence-corrected chi connectivity index (χ0v) is 23.7. The number of hydrogen-bond donors (Lipinski definition) is 0. The summed E-state index contributed by atoms with van der Waals surface area (Å²) >= 11 is 18.9. The molecule has 1 amide bonds. The normalized spacial score (nSPS) is 16.4. The van der Waals surface area contributed by atoms with Crippen molar-refractivity contribution in [2.75, 3.05) is 44.2 Å². The summed E-state index contributed by atoms with van der Waals surface area (Å²) in [6, 6.07) is 19.1. The average Bonchev–Trinajstić information content (AvgIpc) is 3.26. The molecule has 4 heterocycles. The number of piperazine rings is 1. The molecule has 4 aromatic rings. The Morgan fingerprint density at radius 3 is 2.28 bits per heavy atom. The van der Waals surface area contributed by atoms with Crippen LogP contribution in [0, 0.1) is 6.92 Å². The monoisotopic (exact) mass is 580 g/mol. The van der Waals surface area contributed by atoms with Crippen LogP contribution in [-0.2, 0) is 0 Å². The van der Waals surface area contributed by atoms with E-state index in [9.17, 15) is 4.79 Å². The highest BCUT2D eigenvalue weighted by Crippen LogP contribution is 2.34. The van der Waals surface area contributed by atoms with E-state index >= 15 is 0 Å². The van der Waals surface area contributed by atoms with Gasteiger partial charge in [0.25, 0.3) is 5.91 Å². The summed E-state index contributed by atoms with van der Waals surface area (Å²) < 4.78 is 1.73. The van der Waals surface area contributed by atoms with Crippen molar-refractivity contribution in [3.05, 3.63) is 93.2 Å². The molecule has 6 rings (SSSR count). The van der Waals surface area contributed by atoms with Gasteiger partial charge >= 0.3 is 0 Å². The molecule has 2 aromatic heterocycles. The third-order valence-corrected chi connectivity index (χ3v) is 8.32. The van der Waals surface area contributed by atoms with Crippen LogP contribution in [0.4, 0.5) is 5.82 Å². The topological polar surface area (TPSA) is 57.5 Å². The fraction of sp³-hybridized carbons (Fsp3) is 0.276. The third-order valence-electron chi connectivity index (χ3n) is 7.53. The summed E-state index contributed by atoms with van der Waals surface area (Å²) in [6.45, 7) is 7.06. The van der Waals surface area contributed by atoms with E-state index in [2.05, 4.69) is 20.9 Å². The molecule has 0 N–H and O–H groups in total. The number of amides is 1. The smallest absolute Gasteiger partial charge is 0.274 e. The molecule has 39 heavy (non-hydrogen) atoms. The number of rotatable bonds is 5. The van der Waals surface area contributed by atoms with Crippen molar-refractivity contribution in [1.29, 1.82) is 0 Å². The molecule has 0 bridgehead atoms. The number of carbonyl (C=O) groups is 1. The zero-order valence-electron chi connectivity index (χ0n) is 21.4. The summed E-state index contributed by atoms with van der Waals surface area (Å²) in [5.74, 6) is 0.945. The molecule has 0 spiro atoms. The summed E-state index contributed by atoms with van der Waals surface area (Å²) in [6.07, 6.45) is 1.83. The predicted molar refractivity (Wildman–Crippen MR) is 156 cm³/mol. The largest absolute Gasteiger partial charge is 0.354 e. The molecule has 2 aliphatic heterocycles. The maximum atomic E-state index is 13.7. The van der Waals surface area contributed by atoms with Gasteiger partial charge < -0.3 is 9.80 Å². The van der Waals surface area contributed by atoms with Crippen molar-refractivity contribution in [3.8, 4) is 16.9 Å². The maximum absolute atomic E-state index is 13.7. The third kappa shape index (κ3) is 5.12. The quantitative estimate of drug-likeness (QED) is 0.296. The predicted octanol–water partition coefficient (Wildman–Crippen LogP) is 5.85. The Labute approximate surface area is 242 Å². The van der Waals surface area contributed by atoms with Crippen molar-refractivity contribution in [2.24, 2.45) is 0 Å². The lowest BCUT2D eigenvalue weighted by Gasteiger charge is -2.48. The van der Waals surface area contributed by atoms with Crippen LogP contribution >= 0.6 is 34.8 Å².